The molecule has 2 nitrogen and oxygen atoms in total. The van der Waals surface area contributed by atoms with E-state index < -0.39 is 0 Å². The summed E-state index contributed by atoms with van der Waals surface area (Å²) in [5.74, 6) is 0.479. The zero-order valence-corrected chi connectivity index (χ0v) is 10.6. The fourth-order valence-electron chi connectivity index (χ4n) is 1.14. The second-order valence-electron chi connectivity index (χ2n) is 3.07. The van der Waals surface area contributed by atoms with Gasteiger partial charge in [0.05, 0.1) is 4.47 Å². The molecule has 0 spiro atoms. The molecule has 0 N–H and O–H groups in total. The maximum atomic E-state index is 13.0. The first-order chi connectivity index (χ1) is 7.75. The Morgan fingerprint density at radius 2 is 2.00 bits per heavy atom. The third kappa shape index (κ3) is 3.02. The van der Waals surface area contributed by atoms with E-state index in [2.05, 4.69) is 25.9 Å². The van der Waals surface area contributed by atoms with E-state index in [0.717, 1.165) is 16.5 Å². The van der Waals surface area contributed by atoms with E-state index in [-0.39, 0.29) is 5.82 Å². The van der Waals surface area contributed by atoms with Crippen LogP contribution in [0.15, 0.2) is 46.3 Å². The van der Waals surface area contributed by atoms with Crippen LogP contribution >= 0.6 is 27.7 Å². The number of rotatable bonds is 3. The third-order valence-corrected chi connectivity index (χ3v) is 3.45. The minimum absolute atomic E-state index is 0.246. The third-order valence-electron chi connectivity index (χ3n) is 1.89. The molecule has 0 amide bonds. The van der Waals surface area contributed by atoms with Crippen LogP contribution in [-0.4, -0.2) is 9.97 Å². The van der Waals surface area contributed by atoms with Crippen molar-refractivity contribution in [3.05, 3.63) is 52.5 Å². The number of thioether (sulfide) groups is 1. The summed E-state index contributed by atoms with van der Waals surface area (Å²) in [6.45, 7) is 0. The second kappa shape index (κ2) is 5.41. The maximum Gasteiger partial charge on any atom is 0.187 e. The first-order valence-electron chi connectivity index (χ1n) is 4.59. The Balaban J connectivity index is 2.03. The quantitative estimate of drug-likeness (QED) is 0.639. The van der Waals surface area contributed by atoms with Gasteiger partial charge in [-0.25, -0.2) is 14.4 Å². The molecule has 0 aliphatic heterocycles. The number of hydrogen-bond donors (Lipinski definition) is 0. The van der Waals surface area contributed by atoms with Crippen LogP contribution < -0.4 is 0 Å². The molecule has 0 bridgehead atoms. The number of hydrogen-bond acceptors (Lipinski definition) is 3. The summed E-state index contributed by atoms with van der Waals surface area (Å²) in [6.07, 6.45) is 3.41. The Labute approximate surface area is 105 Å². The second-order valence-corrected chi connectivity index (χ2v) is 4.87. The fraction of sp³-hybridized carbons (Fsp3) is 0.0909. The normalized spacial score (nSPS) is 10.4. The Morgan fingerprint density at radius 3 is 2.69 bits per heavy atom. The summed E-state index contributed by atoms with van der Waals surface area (Å²) < 4.78 is 13.5. The minimum Gasteiger partial charge on any atom is -0.231 e. The van der Waals surface area contributed by atoms with Gasteiger partial charge in [-0.1, -0.05) is 17.8 Å². The van der Waals surface area contributed by atoms with Gasteiger partial charge in [-0.05, 0) is 39.7 Å². The molecule has 2 rings (SSSR count). The smallest absolute Gasteiger partial charge is 0.187 e. The zero-order chi connectivity index (χ0) is 11.4. The molecule has 1 aromatic carbocycles. The monoisotopic (exact) mass is 298 g/mol. The molecule has 2 aromatic rings. The first kappa shape index (κ1) is 11.5. The fourth-order valence-corrected chi connectivity index (χ4v) is 2.31. The molecule has 0 aliphatic rings. The van der Waals surface area contributed by atoms with Crippen LogP contribution in [-0.2, 0) is 5.75 Å². The first-order valence-corrected chi connectivity index (χ1v) is 6.37. The molecule has 0 radical (unpaired) electrons. The highest BCUT2D eigenvalue weighted by molar-refractivity contribution is 9.10. The van der Waals surface area contributed by atoms with Crippen molar-refractivity contribution in [3.63, 3.8) is 0 Å². The molecule has 0 aliphatic carbocycles. The minimum atomic E-state index is -0.246. The number of nitrogens with zero attached hydrogens (tertiary/aromatic N) is 2. The number of halogens is 2. The van der Waals surface area contributed by atoms with Gasteiger partial charge in [-0.2, -0.15) is 0 Å². The largest absolute Gasteiger partial charge is 0.231 e. The molecule has 16 heavy (non-hydrogen) atoms. The number of benzene rings is 1. The molecule has 1 aromatic heterocycles. The van der Waals surface area contributed by atoms with Crippen LogP contribution in [0.3, 0.4) is 0 Å². The van der Waals surface area contributed by atoms with Gasteiger partial charge in [0.2, 0.25) is 0 Å². The molecular formula is C11H8BrFN2S. The molecule has 0 saturated heterocycles. The van der Waals surface area contributed by atoms with Gasteiger partial charge in [0, 0.05) is 18.1 Å². The van der Waals surface area contributed by atoms with Crippen LogP contribution in [0, 0.1) is 5.82 Å². The van der Waals surface area contributed by atoms with Crippen molar-refractivity contribution in [1.82, 2.24) is 9.97 Å². The van der Waals surface area contributed by atoms with E-state index in [4.69, 9.17) is 0 Å². The van der Waals surface area contributed by atoms with Gasteiger partial charge < -0.3 is 0 Å². The lowest BCUT2D eigenvalue weighted by atomic mass is 10.2. The van der Waals surface area contributed by atoms with Crippen LogP contribution in [0.2, 0.25) is 0 Å². The van der Waals surface area contributed by atoms with Crippen molar-refractivity contribution in [3.8, 4) is 0 Å². The highest BCUT2D eigenvalue weighted by Crippen LogP contribution is 2.22. The van der Waals surface area contributed by atoms with Gasteiger partial charge in [-0.15, -0.1) is 0 Å². The molecule has 5 heteroatoms. The van der Waals surface area contributed by atoms with E-state index in [1.54, 1.807) is 30.6 Å². The van der Waals surface area contributed by atoms with Gasteiger partial charge >= 0.3 is 0 Å². The standard InChI is InChI=1S/C11H8BrFN2S/c12-9-6-8(2-3-10(9)13)7-16-11-14-4-1-5-15-11/h1-6H,7H2. The average Bonchev–Trinajstić information content (AvgIpc) is 2.32. The van der Waals surface area contributed by atoms with Crippen molar-refractivity contribution in [2.24, 2.45) is 0 Å². The molecule has 0 atom stereocenters. The highest BCUT2D eigenvalue weighted by atomic mass is 79.9. The summed E-state index contributed by atoms with van der Waals surface area (Å²) in [5.41, 5.74) is 1.03. The predicted molar refractivity (Wildman–Crippen MR) is 65.7 cm³/mol. The molecule has 82 valence electrons. The Hall–Kier alpha value is -0.940. The van der Waals surface area contributed by atoms with Crippen LogP contribution in [0.25, 0.3) is 0 Å². The van der Waals surface area contributed by atoms with E-state index in [1.165, 1.54) is 17.8 Å². The van der Waals surface area contributed by atoms with Crippen LogP contribution in [0.1, 0.15) is 5.56 Å². The lowest BCUT2D eigenvalue weighted by molar-refractivity contribution is 0.620. The topological polar surface area (TPSA) is 25.8 Å². The summed E-state index contributed by atoms with van der Waals surface area (Å²) in [4.78, 5) is 8.20. The Kier molecular flexibility index (Phi) is 3.90. The summed E-state index contributed by atoms with van der Waals surface area (Å²) in [6, 6.07) is 6.76. The SMILES string of the molecule is Fc1ccc(CSc2ncccn2)cc1Br. The molecule has 0 unspecified atom stereocenters. The van der Waals surface area contributed by atoms with Gasteiger partial charge in [0.25, 0.3) is 0 Å². The van der Waals surface area contributed by atoms with Crippen LogP contribution in [0.4, 0.5) is 4.39 Å². The van der Waals surface area contributed by atoms with Gasteiger partial charge in [0.15, 0.2) is 5.16 Å². The van der Waals surface area contributed by atoms with Crippen molar-refractivity contribution in [2.75, 3.05) is 0 Å². The lowest BCUT2D eigenvalue weighted by Crippen LogP contribution is -1.87. The summed E-state index contributed by atoms with van der Waals surface area (Å²) in [5, 5.41) is 0.725. The van der Waals surface area contributed by atoms with Crippen molar-refractivity contribution >= 4 is 27.7 Å². The maximum absolute atomic E-state index is 13.0. The van der Waals surface area contributed by atoms with Crippen molar-refractivity contribution in [1.29, 1.82) is 0 Å². The Morgan fingerprint density at radius 1 is 1.25 bits per heavy atom. The summed E-state index contributed by atoms with van der Waals surface area (Å²) >= 11 is 4.68. The predicted octanol–water partition coefficient (Wildman–Crippen LogP) is 3.67. The zero-order valence-electron chi connectivity index (χ0n) is 8.23. The molecular weight excluding hydrogens is 291 g/mol. The van der Waals surface area contributed by atoms with E-state index in [1.807, 2.05) is 0 Å². The Bertz CT molecular complexity index is 479. The summed E-state index contributed by atoms with van der Waals surface area (Å²) in [7, 11) is 0. The number of aromatic nitrogens is 2. The highest BCUT2D eigenvalue weighted by Gasteiger charge is 2.02. The van der Waals surface area contributed by atoms with Gasteiger partial charge in [-0.3, -0.25) is 0 Å². The molecule has 0 saturated carbocycles. The average molecular weight is 299 g/mol. The molecule has 1 heterocycles. The van der Waals surface area contributed by atoms with Crippen molar-refractivity contribution < 1.29 is 4.39 Å². The van der Waals surface area contributed by atoms with E-state index in [9.17, 15) is 4.39 Å². The van der Waals surface area contributed by atoms with E-state index >= 15 is 0 Å². The van der Waals surface area contributed by atoms with E-state index in [0.29, 0.717) is 4.47 Å². The lowest BCUT2D eigenvalue weighted by Gasteiger charge is -2.01. The van der Waals surface area contributed by atoms with Gasteiger partial charge in [0.1, 0.15) is 5.82 Å². The van der Waals surface area contributed by atoms with Crippen molar-refractivity contribution in [2.45, 2.75) is 10.9 Å². The van der Waals surface area contributed by atoms with Crippen LogP contribution in [0.5, 0.6) is 0 Å². The molecule has 0 fully saturated rings.